The van der Waals surface area contributed by atoms with Crippen LogP contribution < -0.4 is 10.5 Å². The molecule has 2 rings (SSSR count). The Bertz CT molecular complexity index is 731. The molecule has 0 radical (unpaired) electrons. The Balaban J connectivity index is 2.58. The number of methoxy groups -OCH3 is 1. The first-order valence-corrected chi connectivity index (χ1v) is 7.19. The van der Waals surface area contributed by atoms with Gasteiger partial charge in [-0.15, -0.1) is 0 Å². The van der Waals surface area contributed by atoms with E-state index < -0.39 is 5.78 Å². The van der Waals surface area contributed by atoms with Gasteiger partial charge in [0.1, 0.15) is 5.75 Å². The summed E-state index contributed by atoms with van der Waals surface area (Å²) in [5.41, 5.74) is 6.54. The number of halogens is 4. The monoisotopic (exact) mass is 363 g/mol. The van der Waals surface area contributed by atoms with Crippen LogP contribution in [-0.4, -0.2) is 12.9 Å². The molecule has 110 valence electrons. The van der Waals surface area contributed by atoms with Crippen LogP contribution in [0.5, 0.6) is 5.75 Å². The summed E-state index contributed by atoms with van der Waals surface area (Å²) in [6, 6.07) is 5.99. The highest BCUT2D eigenvalue weighted by atomic mass is 35.5. The van der Waals surface area contributed by atoms with E-state index in [0.29, 0.717) is 17.0 Å². The van der Waals surface area contributed by atoms with Crippen LogP contribution in [0.2, 0.25) is 20.1 Å². The number of nitrogen functional groups attached to an aromatic ring is 1. The van der Waals surface area contributed by atoms with Gasteiger partial charge in [-0.3, -0.25) is 4.79 Å². The second kappa shape index (κ2) is 6.32. The molecule has 2 aromatic rings. The number of ketones is 1. The van der Waals surface area contributed by atoms with Crippen LogP contribution in [0.25, 0.3) is 0 Å². The minimum absolute atomic E-state index is 0.00922. The van der Waals surface area contributed by atoms with Crippen molar-refractivity contribution in [1.82, 2.24) is 0 Å². The maximum absolute atomic E-state index is 12.6. The molecular formula is C14H9Cl4NO2. The average molecular weight is 365 g/mol. The van der Waals surface area contributed by atoms with Crippen molar-refractivity contribution < 1.29 is 9.53 Å². The number of benzene rings is 2. The molecule has 0 aliphatic rings. The Kier molecular flexibility index (Phi) is 4.89. The number of carbonyl (C=O) groups is 1. The van der Waals surface area contributed by atoms with Crippen molar-refractivity contribution in [2.45, 2.75) is 0 Å². The molecule has 0 fully saturated rings. The van der Waals surface area contributed by atoms with Crippen molar-refractivity contribution in [3.63, 3.8) is 0 Å². The maximum atomic E-state index is 12.6. The molecule has 0 amide bonds. The number of carbonyl (C=O) groups excluding carboxylic acids is 1. The van der Waals surface area contributed by atoms with E-state index in [9.17, 15) is 4.79 Å². The highest BCUT2D eigenvalue weighted by molar-refractivity contribution is 6.51. The SMILES string of the molecule is COc1cc(C(=O)c2c(Cl)cc(Cl)c(Cl)c2Cl)ccc1N. The Morgan fingerprint density at radius 1 is 1.05 bits per heavy atom. The molecule has 0 aliphatic heterocycles. The van der Waals surface area contributed by atoms with E-state index in [2.05, 4.69) is 0 Å². The summed E-state index contributed by atoms with van der Waals surface area (Å²) in [7, 11) is 1.46. The van der Waals surface area contributed by atoms with Gasteiger partial charge in [0.25, 0.3) is 0 Å². The molecule has 0 bridgehead atoms. The summed E-state index contributed by atoms with van der Waals surface area (Å²) in [6.07, 6.45) is 0. The molecule has 21 heavy (non-hydrogen) atoms. The summed E-state index contributed by atoms with van der Waals surface area (Å²) in [4.78, 5) is 12.6. The summed E-state index contributed by atoms with van der Waals surface area (Å²) < 4.78 is 5.08. The predicted octanol–water partition coefficient (Wildman–Crippen LogP) is 5.12. The first-order valence-electron chi connectivity index (χ1n) is 5.68. The summed E-state index contributed by atoms with van der Waals surface area (Å²) >= 11 is 23.9. The highest BCUT2D eigenvalue weighted by Gasteiger charge is 2.21. The third-order valence-corrected chi connectivity index (χ3v) is 4.40. The molecule has 0 spiro atoms. The van der Waals surface area contributed by atoms with Crippen molar-refractivity contribution >= 4 is 57.9 Å². The summed E-state index contributed by atoms with van der Waals surface area (Å²) in [6.45, 7) is 0. The molecule has 7 heteroatoms. The average Bonchev–Trinajstić information content (AvgIpc) is 2.45. The Labute approximate surface area is 141 Å². The molecular weight excluding hydrogens is 356 g/mol. The van der Waals surface area contributed by atoms with Crippen molar-refractivity contribution in [2.24, 2.45) is 0 Å². The van der Waals surface area contributed by atoms with E-state index in [1.807, 2.05) is 0 Å². The van der Waals surface area contributed by atoms with Gasteiger partial charge in [0.05, 0.1) is 38.5 Å². The van der Waals surface area contributed by atoms with Gasteiger partial charge >= 0.3 is 0 Å². The van der Waals surface area contributed by atoms with E-state index in [-0.39, 0.29) is 25.7 Å². The van der Waals surface area contributed by atoms with Gasteiger partial charge in [0.15, 0.2) is 5.78 Å². The lowest BCUT2D eigenvalue weighted by atomic mass is 10.0. The number of hydrogen-bond donors (Lipinski definition) is 1. The number of ether oxygens (including phenoxy) is 1. The quantitative estimate of drug-likeness (QED) is 0.356. The molecule has 0 saturated heterocycles. The minimum atomic E-state index is -0.401. The lowest BCUT2D eigenvalue weighted by Gasteiger charge is -2.11. The van der Waals surface area contributed by atoms with Gasteiger partial charge in [-0.25, -0.2) is 0 Å². The molecule has 0 aliphatic carbocycles. The molecule has 3 nitrogen and oxygen atoms in total. The zero-order valence-electron chi connectivity index (χ0n) is 10.7. The van der Waals surface area contributed by atoms with Crippen LogP contribution in [0.1, 0.15) is 15.9 Å². The molecule has 0 atom stereocenters. The Morgan fingerprint density at radius 2 is 1.71 bits per heavy atom. The van der Waals surface area contributed by atoms with Crippen LogP contribution in [0.4, 0.5) is 5.69 Å². The molecule has 2 N–H and O–H groups in total. The zero-order valence-corrected chi connectivity index (χ0v) is 13.7. The van der Waals surface area contributed by atoms with Crippen LogP contribution in [0, 0.1) is 0 Å². The molecule has 2 aromatic carbocycles. The van der Waals surface area contributed by atoms with Crippen molar-refractivity contribution in [3.05, 3.63) is 55.5 Å². The van der Waals surface area contributed by atoms with Crippen LogP contribution in [0.3, 0.4) is 0 Å². The van der Waals surface area contributed by atoms with Gasteiger partial charge < -0.3 is 10.5 Å². The molecule has 0 aromatic heterocycles. The van der Waals surface area contributed by atoms with Gasteiger partial charge in [0.2, 0.25) is 0 Å². The number of rotatable bonds is 3. The fraction of sp³-hybridized carbons (Fsp3) is 0.0714. The standard InChI is InChI=1S/C14H9Cl4NO2/c1-21-10-4-6(2-3-9(10)19)14(20)11-7(15)5-8(16)12(17)13(11)18/h2-5H,19H2,1H3. The molecule has 0 heterocycles. The van der Waals surface area contributed by atoms with E-state index in [1.165, 1.54) is 19.2 Å². The van der Waals surface area contributed by atoms with Gasteiger partial charge in [0, 0.05) is 5.56 Å². The molecule has 0 saturated carbocycles. The lowest BCUT2D eigenvalue weighted by molar-refractivity contribution is 0.103. The third-order valence-electron chi connectivity index (χ3n) is 2.84. The Hall–Kier alpha value is -1.13. The van der Waals surface area contributed by atoms with Crippen molar-refractivity contribution in [1.29, 1.82) is 0 Å². The van der Waals surface area contributed by atoms with Crippen molar-refractivity contribution in [3.8, 4) is 5.75 Å². The van der Waals surface area contributed by atoms with Crippen LogP contribution in [-0.2, 0) is 0 Å². The first kappa shape index (κ1) is 16.2. The zero-order chi connectivity index (χ0) is 15.7. The Morgan fingerprint density at radius 3 is 2.33 bits per heavy atom. The lowest BCUT2D eigenvalue weighted by Crippen LogP contribution is -2.05. The second-order valence-corrected chi connectivity index (χ2v) is 5.70. The summed E-state index contributed by atoms with van der Waals surface area (Å²) in [5, 5.41) is 0.386. The number of nitrogens with two attached hydrogens (primary N) is 1. The van der Waals surface area contributed by atoms with Gasteiger partial charge in [-0.05, 0) is 24.3 Å². The van der Waals surface area contributed by atoms with E-state index >= 15 is 0 Å². The third kappa shape index (κ3) is 3.06. The van der Waals surface area contributed by atoms with Gasteiger partial charge in [-0.2, -0.15) is 0 Å². The van der Waals surface area contributed by atoms with Crippen molar-refractivity contribution in [2.75, 3.05) is 12.8 Å². The highest BCUT2D eigenvalue weighted by Crippen LogP contribution is 2.38. The number of hydrogen-bond acceptors (Lipinski definition) is 3. The van der Waals surface area contributed by atoms with Crippen LogP contribution >= 0.6 is 46.4 Å². The number of anilines is 1. The van der Waals surface area contributed by atoms with E-state index in [4.69, 9.17) is 56.9 Å². The van der Waals surface area contributed by atoms with E-state index in [0.717, 1.165) is 0 Å². The fourth-order valence-electron chi connectivity index (χ4n) is 1.77. The van der Waals surface area contributed by atoms with E-state index in [1.54, 1.807) is 12.1 Å². The summed E-state index contributed by atoms with van der Waals surface area (Å²) in [5.74, 6) is -0.0185. The minimum Gasteiger partial charge on any atom is -0.495 e. The fourth-order valence-corrected chi connectivity index (χ4v) is 2.86. The predicted molar refractivity (Wildman–Crippen MR) is 87.3 cm³/mol. The maximum Gasteiger partial charge on any atom is 0.196 e. The second-order valence-electron chi connectivity index (χ2n) is 4.13. The normalized spacial score (nSPS) is 10.5. The van der Waals surface area contributed by atoms with Gasteiger partial charge in [-0.1, -0.05) is 46.4 Å². The molecule has 0 unspecified atom stereocenters. The largest absolute Gasteiger partial charge is 0.495 e. The van der Waals surface area contributed by atoms with Crippen LogP contribution in [0.15, 0.2) is 24.3 Å². The topological polar surface area (TPSA) is 52.3 Å². The smallest absolute Gasteiger partial charge is 0.196 e. The first-order chi connectivity index (χ1) is 9.86.